The van der Waals surface area contributed by atoms with Gasteiger partial charge in [0.2, 0.25) is 0 Å². The number of carbonyl (C=O) groups excluding carboxylic acids is 2. The van der Waals surface area contributed by atoms with Crippen LogP contribution in [-0.2, 0) is 9.59 Å². The van der Waals surface area contributed by atoms with Crippen molar-refractivity contribution < 1.29 is 9.59 Å². The third-order valence-corrected chi connectivity index (χ3v) is 3.49. The molecule has 1 aliphatic heterocycles. The minimum atomic E-state index is -0.455. The van der Waals surface area contributed by atoms with E-state index in [1.54, 1.807) is 14.1 Å². The summed E-state index contributed by atoms with van der Waals surface area (Å²) in [5.41, 5.74) is 1.02. The van der Waals surface area contributed by atoms with Crippen molar-refractivity contribution in [3.8, 4) is 0 Å². The smallest absolute Gasteiger partial charge is 0.312 e. The van der Waals surface area contributed by atoms with Crippen LogP contribution in [0.5, 0.6) is 0 Å². The van der Waals surface area contributed by atoms with Crippen LogP contribution in [0.25, 0.3) is 0 Å². The Kier molecular flexibility index (Phi) is 3.19. The number of halogens is 1. The predicted octanol–water partition coefficient (Wildman–Crippen LogP) is 1.42. The first kappa shape index (κ1) is 12.1. The van der Waals surface area contributed by atoms with E-state index in [2.05, 4.69) is 15.9 Å². The number of rotatable bonds is 1. The maximum Gasteiger partial charge on any atom is 0.312 e. The first-order valence-corrected chi connectivity index (χ1v) is 6.07. The summed E-state index contributed by atoms with van der Waals surface area (Å²) >= 11 is 3.41. The van der Waals surface area contributed by atoms with Gasteiger partial charge in [0.25, 0.3) is 0 Å². The summed E-state index contributed by atoms with van der Waals surface area (Å²) in [6, 6.07) is 7.71. The molecule has 90 valence electrons. The zero-order chi connectivity index (χ0) is 12.6. The van der Waals surface area contributed by atoms with Crippen molar-refractivity contribution in [2.45, 2.75) is 6.04 Å². The first-order valence-electron chi connectivity index (χ1n) is 5.28. The fraction of sp³-hybridized carbons (Fsp3) is 0.333. The van der Waals surface area contributed by atoms with Crippen LogP contribution in [0.4, 0.5) is 0 Å². The largest absolute Gasteiger partial charge is 0.335 e. The SMILES string of the molecule is CN1CC(c2cccc(Br)c2)N(C)C(=O)C1=O. The third kappa shape index (κ3) is 2.20. The van der Waals surface area contributed by atoms with Gasteiger partial charge in [0.05, 0.1) is 6.04 Å². The standard InChI is InChI=1S/C12H13BrN2O2/c1-14-7-10(15(2)12(17)11(14)16)8-4-3-5-9(13)6-8/h3-6,10H,7H2,1-2H3. The molecule has 17 heavy (non-hydrogen) atoms. The van der Waals surface area contributed by atoms with Crippen LogP contribution in [0.2, 0.25) is 0 Å². The Labute approximate surface area is 108 Å². The molecule has 1 unspecified atom stereocenters. The number of hydrogen-bond donors (Lipinski definition) is 0. The van der Waals surface area contributed by atoms with E-state index >= 15 is 0 Å². The normalized spacial score (nSPS) is 21.0. The molecule has 1 saturated heterocycles. The fourth-order valence-corrected chi connectivity index (χ4v) is 2.38. The summed E-state index contributed by atoms with van der Waals surface area (Å²) in [5, 5.41) is 0. The van der Waals surface area contributed by atoms with Gasteiger partial charge in [-0.15, -0.1) is 0 Å². The molecule has 1 aromatic carbocycles. The Morgan fingerprint density at radius 2 is 1.94 bits per heavy atom. The number of piperazine rings is 1. The highest BCUT2D eigenvalue weighted by molar-refractivity contribution is 9.10. The monoisotopic (exact) mass is 296 g/mol. The quantitative estimate of drug-likeness (QED) is 0.736. The summed E-state index contributed by atoms with van der Waals surface area (Å²) < 4.78 is 0.968. The number of amides is 2. The Balaban J connectivity index is 2.33. The van der Waals surface area contributed by atoms with E-state index in [1.807, 2.05) is 24.3 Å². The molecule has 1 heterocycles. The molecule has 1 fully saturated rings. The molecule has 1 atom stereocenters. The number of carbonyl (C=O) groups is 2. The summed E-state index contributed by atoms with van der Waals surface area (Å²) in [5.74, 6) is -0.900. The number of hydrogen-bond acceptors (Lipinski definition) is 2. The van der Waals surface area contributed by atoms with Gasteiger partial charge >= 0.3 is 11.8 Å². The molecule has 0 saturated carbocycles. The van der Waals surface area contributed by atoms with E-state index in [1.165, 1.54) is 9.80 Å². The van der Waals surface area contributed by atoms with Crippen LogP contribution >= 0.6 is 15.9 Å². The van der Waals surface area contributed by atoms with Crippen LogP contribution < -0.4 is 0 Å². The maximum absolute atomic E-state index is 11.7. The van der Waals surface area contributed by atoms with E-state index < -0.39 is 11.8 Å². The second-order valence-electron chi connectivity index (χ2n) is 4.17. The van der Waals surface area contributed by atoms with Crippen LogP contribution in [0, 0.1) is 0 Å². The molecule has 0 aliphatic carbocycles. The van der Waals surface area contributed by atoms with Crippen molar-refractivity contribution >= 4 is 27.7 Å². The highest BCUT2D eigenvalue weighted by Gasteiger charge is 2.35. The van der Waals surface area contributed by atoms with Gasteiger partial charge in [-0.1, -0.05) is 28.1 Å². The summed E-state index contributed by atoms with van der Waals surface area (Å²) in [6.07, 6.45) is 0. The topological polar surface area (TPSA) is 40.6 Å². The lowest BCUT2D eigenvalue weighted by molar-refractivity contribution is -0.156. The predicted molar refractivity (Wildman–Crippen MR) is 67.3 cm³/mol. The molecule has 1 aromatic rings. The molecular weight excluding hydrogens is 284 g/mol. The van der Waals surface area contributed by atoms with Gasteiger partial charge in [-0.3, -0.25) is 9.59 Å². The lowest BCUT2D eigenvalue weighted by atomic mass is 10.0. The van der Waals surface area contributed by atoms with Gasteiger partial charge in [-0.2, -0.15) is 0 Å². The van der Waals surface area contributed by atoms with Gasteiger partial charge in [0, 0.05) is 25.1 Å². The molecular formula is C12H13BrN2O2. The zero-order valence-electron chi connectivity index (χ0n) is 9.68. The molecule has 5 heteroatoms. The van der Waals surface area contributed by atoms with Crippen molar-refractivity contribution in [2.75, 3.05) is 20.6 Å². The van der Waals surface area contributed by atoms with E-state index in [9.17, 15) is 9.59 Å². The number of benzene rings is 1. The lowest BCUT2D eigenvalue weighted by Crippen LogP contribution is -2.52. The van der Waals surface area contributed by atoms with Crippen molar-refractivity contribution in [1.82, 2.24) is 9.80 Å². The van der Waals surface area contributed by atoms with Gasteiger partial charge in [0.1, 0.15) is 0 Å². The van der Waals surface area contributed by atoms with E-state index in [0.29, 0.717) is 6.54 Å². The second-order valence-corrected chi connectivity index (χ2v) is 5.09. The molecule has 0 spiro atoms. The number of likely N-dealkylation sites (N-methyl/N-ethyl adjacent to an activating group) is 2. The van der Waals surface area contributed by atoms with Crippen LogP contribution in [0.15, 0.2) is 28.7 Å². The van der Waals surface area contributed by atoms with E-state index in [4.69, 9.17) is 0 Å². The molecule has 0 radical (unpaired) electrons. The Morgan fingerprint density at radius 3 is 2.59 bits per heavy atom. The fourth-order valence-electron chi connectivity index (χ4n) is 1.96. The molecule has 1 aliphatic rings. The van der Waals surface area contributed by atoms with Crippen LogP contribution in [0.1, 0.15) is 11.6 Å². The molecule has 4 nitrogen and oxygen atoms in total. The molecule has 0 N–H and O–H groups in total. The van der Waals surface area contributed by atoms with Gasteiger partial charge in [-0.25, -0.2) is 0 Å². The molecule has 2 rings (SSSR count). The van der Waals surface area contributed by atoms with E-state index in [0.717, 1.165) is 10.0 Å². The molecule has 0 bridgehead atoms. The highest BCUT2D eigenvalue weighted by Crippen LogP contribution is 2.26. The third-order valence-electron chi connectivity index (χ3n) is 3.00. The van der Waals surface area contributed by atoms with Gasteiger partial charge in [0.15, 0.2) is 0 Å². The zero-order valence-corrected chi connectivity index (χ0v) is 11.3. The maximum atomic E-state index is 11.7. The average molecular weight is 297 g/mol. The second kappa shape index (κ2) is 4.49. The summed E-state index contributed by atoms with van der Waals surface area (Å²) in [4.78, 5) is 26.2. The van der Waals surface area contributed by atoms with Crippen molar-refractivity contribution in [3.63, 3.8) is 0 Å². The van der Waals surface area contributed by atoms with Crippen LogP contribution in [-0.4, -0.2) is 42.3 Å². The van der Waals surface area contributed by atoms with Gasteiger partial charge in [-0.05, 0) is 17.7 Å². The minimum absolute atomic E-state index is 0.0808. The Bertz CT molecular complexity index is 475. The average Bonchev–Trinajstić information content (AvgIpc) is 2.31. The molecule has 0 aromatic heterocycles. The van der Waals surface area contributed by atoms with Crippen molar-refractivity contribution in [3.05, 3.63) is 34.3 Å². The van der Waals surface area contributed by atoms with Crippen molar-refractivity contribution in [2.24, 2.45) is 0 Å². The first-order chi connectivity index (χ1) is 8.00. The Morgan fingerprint density at radius 1 is 1.24 bits per heavy atom. The summed E-state index contributed by atoms with van der Waals surface area (Å²) in [6.45, 7) is 0.525. The van der Waals surface area contributed by atoms with Crippen molar-refractivity contribution in [1.29, 1.82) is 0 Å². The number of nitrogens with zero attached hydrogens (tertiary/aromatic N) is 2. The highest BCUT2D eigenvalue weighted by atomic mass is 79.9. The Hall–Kier alpha value is -1.36. The van der Waals surface area contributed by atoms with Crippen LogP contribution in [0.3, 0.4) is 0 Å². The minimum Gasteiger partial charge on any atom is -0.335 e. The molecule has 2 amide bonds. The van der Waals surface area contributed by atoms with E-state index in [-0.39, 0.29) is 6.04 Å². The lowest BCUT2D eigenvalue weighted by Gasteiger charge is -2.37. The summed E-state index contributed by atoms with van der Waals surface area (Å²) in [7, 11) is 3.32. The van der Waals surface area contributed by atoms with Gasteiger partial charge < -0.3 is 9.80 Å².